The van der Waals surface area contributed by atoms with Crippen LogP contribution in [0.2, 0.25) is 0 Å². The van der Waals surface area contributed by atoms with Crippen molar-refractivity contribution in [2.24, 2.45) is 0 Å². The summed E-state index contributed by atoms with van der Waals surface area (Å²) in [5, 5.41) is 2.75. The van der Waals surface area contributed by atoms with Crippen LogP contribution in [0.15, 0.2) is 23.6 Å². The van der Waals surface area contributed by atoms with Gasteiger partial charge in [-0.1, -0.05) is 6.07 Å². The molecule has 1 aromatic carbocycles. The molecule has 0 aliphatic heterocycles. The van der Waals surface area contributed by atoms with Crippen molar-refractivity contribution in [3.8, 4) is 0 Å². The maximum Gasteiger partial charge on any atom is 0.151 e. The number of nitrogen functional groups attached to an aromatic ring is 1. The van der Waals surface area contributed by atoms with Crippen molar-refractivity contribution >= 4 is 36.9 Å². The molecule has 0 fully saturated rings. The Kier molecular flexibility index (Phi) is 2.44. The molecule has 2 N–H and O–H groups in total. The molecule has 15 heavy (non-hydrogen) atoms. The average Bonchev–Trinajstić information content (AvgIpc) is 2.47. The van der Waals surface area contributed by atoms with Crippen molar-refractivity contribution < 1.29 is 8.42 Å². The van der Waals surface area contributed by atoms with Crippen LogP contribution >= 0.6 is 11.3 Å². The van der Waals surface area contributed by atoms with Gasteiger partial charge in [-0.2, -0.15) is 0 Å². The summed E-state index contributed by atoms with van der Waals surface area (Å²) >= 11 is 1.52. The Bertz CT molecular complexity index is 599. The Hall–Kier alpha value is -1.07. The molecule has 0 saturated heterocycles. The minimum Gasteiger partial charge on any atom is -0.398 e. The molecule has 0 radical (unpaired) electrons. The maximum atomic E-state index is 11.2. The summed E-state index contributed by atoms with van der Waals surface area (Å²) in [5.41, 5.74) is 7.28. The van der Waals surface area contributed by atoms with E-state index in [-0.39, 0.29) is 5.75 Å². The Morgan fingerprint density at radius 3 is 2.80 bits per heavy atom. The van der Waals surface area contributed by atoms with E-state index in [2.05, 4.69) is 0 Å². The fraction of sp³-hybridized carbons (Fsp3) is 0.200. The van der Waals surface area contributed by atoms with Crippen LogP contribution in [-0.4, -0.2) is 14.7 Å². The number of hydrogen-bond acceptors (Lipinski definition) is 4. The summed E-state index contributed by atoms with van der Waals surface area (Å²) in [7, 11) is -3.00. The first kappa shape index (κ1) is 10.4. The molecule has 3 nitrogen and oxygen atoms in total. The van der Waals surface area contributed by atoms with Crippen molar-refractivity contribution in [3.63, 3.8) is 0 Å². The summed E-state index contributed by atoms with van der Waals surface area (Å²) in [4.78, 5) is 0. The number of benzene rings is 1. The lowest BCUT2D eigenvalue weighted by atomic mass is 10.1. The van der Waals surface area contributed by atoms with Crippen molar-refractivity contribution in [1.82, 2.24) is 0 Å². The second-order valence-electron chi connectivity index (χ2n) is 3.55. The van der Waals surface area contributed by atoms with E-state index in [0.29, 0.717) is 5.69 Å². The normalized spacial score (nSPS) is 12.1. The van der Waals surface area contributed by atoms with Gasteiger partial charge in [0.05, 0.1) is 5.75 Å². The zero-order valence-corrected chi connectivity index (χ0v) is 9.86. The van der Waals surface area contributed by atoms with Crippen molar-refractivity contribution in [1.29, 1.82) is 0 Å². The average molecular weight is 241 g/mol. The standard InChI is InChI=1S/C10H11NO2S2/c1-15(12,13)6-7-5-14-9-4-2-3-8(11)10(7)9/h2-5H,6,11H2,1H3. The highest BCUT2D eigenvalue weighted by atomic mass is 32.2. The van der Waals surface area contributed by atoms with Gasteiger partial charge in [0, 0.05) is 22.0 Å². The highest BCUT2D eigenvalue weighted by molar-refractivity contribution is 7.89. The van der Waals surface area contributed by atoms with E-state index >= 15 is 0 Å². The largest absolute Gasteiger partial charge is 0.398 e. The Balaban J connectivity index is 2.63. The van der Waals surface area contributed by atoms with E-state index in [4.69, 9.17) is 5.73 Å². The van der Waals surface area contributed by atoms with Crippen LogP contribution in [0.4, 0.5) is 5.69 Å². The van der Waals surface area contributed by atoms with Gasteiger partial charge in [0.1, 0.15) is 0 Å². The smallest absolute Gasteiger partial charge is 0.151 e. The fourth-order valence-electron chi connectivity index (χ4n) is 1.57. The number of nitrogens with two attached hydrogens (primary N) is 1. The molecule has 1 aromatic heterocycles. The zero-order valence-electron chi connectivity index (χ0n) is 8.23. The third-order valence-electron chi connectivity index (χ3n) is 2.13. The van der Waals surface area contributed by atoms with Crippen molar-refractivity contribution in [3.05, 3.63) is 29.1 Å². The van der Waals surface area contributed by atoms with Gasteiger partial charge in [0.25, 0.3) is 0 Å². The van der Waals surface area contributed by atoms with Crippen LogP contribution in [0.5, 0.6) is 0 Å². The van der Waals surface area contributed by atoms with Crippen LogP contribution in [0.3, 0.4) is 0 Å². The quantitative estimate of drug-likeness (QED) is 0.818. The Morgan fingerprint density at radius 2 is 2.13 bits per heavy atom. The van der Waals surface area contributed by atoms with Gasteiger partial charge in [-0.3, -0.25) is 0 Å². The molecule has 0 spiro atoms. The predicted molar refractivity (Wildman–Crippen MR) is 64.8 cm³/mol. The first-order valence-electron chi connectivity index (χ1n) is 4.40. The maximum absolute atomic E-state index is 11.2. The monoisotopic (exact) mass is 241 g/mol. The predicted octanol–water partition coefficient (Wildman–Crippen LogP) is 2.03. The molecule has 0 bridgehead atoms. The molecule has 0 atom stereocenters. The number of thiophene rings is 1. The molecule has 1 heterocycles. The minimum atomic E-state index is -3.00. The number of anilines is 1. The summed E-state index contributed by atoms with van der Waals surface area (Å²) in [6.07, 6.45) is 1.23. The van der Waals surface area contributed by atoms with Gasteiger partial charge in [0.15, 0.2) is 9.84 Å². The van der Waals surface area contributed by atoms with Gasteiger partial charge >= 0.3 is 0 Å². The van der Waals surface area contributed by atoms with Crippen LogP contribution < -0.4 is 5.73 Å². The zero-order chi connectivity index (χ0) is 11.1. The molecule has 0 unspecified atom stereocenters. The fourth-order valence-corrected chi connectivity index (χ4v) is 3.46. The SMILES string of the molecule is CS(=O)(=O)Cc1csc2cccc(N)c12. The van der Waals surface area contributed by atoms with Gasteiger partial charge in [0.2, 0.25) is 0 Å². The first-order valence-corrected chi connectivity index (χ1v) is 7.34. The van der Waals surface area contributed by atoms with Crippen LogP contribution in [0.1, 0.15) is 5.56 Å². The molecular formula is C10H11NO2S2. The third kappa shape index (κ3) is 2.13. The highest BCUT2D eigenvalue weighted by Crippen LogP contribution is 2.31. The second kappa shape index (κ2) is 3.50. The van der Waals surface area contributed by atoms with E-state index in [0.717, 1.165) is 15.6 Å². The summed E-state index contributed by atoms with van der Waals surface area (Å²) < 4.78 is 23.5. The highest BCUT2D eigenvalue weighted by Gasteiger charge is 2.11. The molecule has 2 aromatic rings. The Labute approximate surface area is 92.4 Å². The molecule has 2 rings (SSSR count). The molecule has 0 saturated carbocycles. The third-order valence-corrected chi connectivity index (χ3v) is 3.96. The second-order valence-corrected chi connectivity index (χ2v) is 6.60. The lowest BCUT2D eigenvalue weighted by Gasteiger charge is -2.00. The van der Waals surface area contributed by atoms with Gasteiger partial charge in [-0.15, -0.1) is 11.3 Å². The van der Waals surface area contributed by atoms with E-state index < -0.39 is 9.84 Å². The van der Waals surface area contributed by atoms with Crippen LogP contribution in [0.25, 0.3) is 10.1 Å². The van der Waals surface area contributed by atoms with E-state index in [9.17, 15) is 8.42 Å². The summed E-state index contributed by atoms with van der Waals surface area (Å²) in [6, 6.07) is 5.61. The van der Waals surface area contributed by atoms with Gasteiger partial charge in [-0.25, -0.2) is 8.42 Å². The molecular weight excluding hydrogens is 230 g/mol. The minimum absolute atomic E-state index is 0.0568. The van der Waals surface area contributed by atoms with Crippen molar-refractivity contribution in [2.45, 2.75) is 5.75 Å². The molecule has 0 aliphatic carbocycles. The van der Waals surface area contributed by atoms with Crippen LogP contribution in [-0.2, 0) is 15.6 Å². The number of rotatable bonds is 2. The Morgan fingerprint density at radius 1 is 1.40 bits per heavy atom. The molecule has 5 heteroatoms. The lowest BCUT2D eigenvalue weighted by Crippen LogP contribution is -2.00. The lowest BCUT2D eigenvalue weighted by molar-refractivity contribution is 0.601. The van der Waals surface area contributed by atoms with Gasteiger partial charge < -0.3 is 5.73 Å². The summed E-state index contributed by atoms with van der Waals surface area (Å²) in [6.45, 7) is 0. The number of hydrogen-bond donors (Lipinski definition) is 1. The van der Waals surface area contributed by atoms with Gasteiger partial charge in [-0.05, 0) is 23.1 Å². The van der Waals surface area contributed by atoms with E-state index in [1.165, 1.54) is 17.6 Å². The van der Waals surface area contributed by atoms with E-state index in [1.54, 1.807) is 6.07 Å². The van der Waals surface area contributed by atoms with E-state index in [1.807, 2.05) is 17.5 Å². The number of fused-ring (bicyclic) bond motifs is 1. The molecule has 0 aliphatic rings. The van der Waals surface area contributed by atoms with Crippen LogP contribution in [0, 0.1) is 0 Å². The van der Waals surface area contributed by atoms with Crippen molar-refractivity contribution in [2.75, 3.05) is 12.0 Å². The molecule has 80 valence electrons. The molecule has 0 amide bonds. The first-order chi connectivity index (χ1) is 6.97. The topological polar surface area (TPSA) is 60.2 Å². The summed E-state index contributed by atoms with van der Waals surface area (Å²) in [5.74, 6) is 0.0568. The number of sulfone groups is 1.